The molecule has 4 N–H and O–H groups in total. The van der Waals surface area contributed by atoms with Crippen molar-refractivity contribution >= 4 is 34.3 Å². The van der Waals surface area contributed by atoms with Gasteiger partial charge < -0.3 is 16.4 Å². The lowest BCUT2D eigenvalue weighted by atomic mass is 9.99. The van der Waals surface area contributed by atoms with Crippen molar-refractivity contribution in [1.29, 1.82) is 0 Å². The number of amides is 2. The van der Waals surface area contributed by atoms with Gasteiger partial charge in [0.2, 0.25) is 5.95 Å². The summed E-state index contributed by atoms with van der Waals surface area (Å²) in [5.74, 6) is -0.920. The molecule has 4 rings (SSSR count). The maximum absolute atomic E-state index is 13.5. The molecule has 0 spiro atoms. The fraction of sp³-hybridized carbons (Fsp3) is 0.0870. The fourth-order valence-electron chi connectivity index (χ4n) is 3.40. The summed E-state index contributed by atoms with van der Waals surface area (Å²) in [7, 11) is 0. The van der Waals surface area contributed by atoms with E-state index in [9.17, 15) is 22.4 Å². The Kier molecular flexibility index (Phi) is 5.59. The topological polar surface area (TPSA) is 92.9 Å². The van der Waals surface area contributed by atoms with Crippen molar-refractivity contribution in [3.63, 3.8) is 0 Å². The number of anilines is 3. The Bertz CT molecular complexity index is 1370. The molecule has 1 aromatic heterocycles. The first kappa shape index (κ1) is 22.0. The third-order valence-corrected chi connectivity index (χ3v) is 4.88. The number of nitrogens with two attached hydrogens (primary N) is 1. The van der Waals surface area contributed by atoms with Crippen molar-refractivity contribution in [1.82, 2.24) is 9.97 Å². The molecule has 0 aliphatic carbocycles. The van der Waals surface area contributed by atoms with Crippen LogP contribution in [0.1, 0.15) is 11.1 Å². The summed E-state index contributed by atoms with van der Waals surface area (Å²) >= 11 is 0. The molecule has 0 unspecified atom stereocenters. The average Bonchev–Trinajstić information content (AvgIpc) is 2.72. The smallest absolute Gasteiger partial charge is 0.368 e. The van der Waals surface area contributed by atoms with Crippen LogP contribution in [-0.4, -0.2) is 16.0 Å². The Morgan fingerprint density at radius 2 is 1.73 bits per heavy atom. The van der Waals surface area contributed by atoms with Crippen molar-refractivity contribution < 1.29 is 22.4 Å². The number of aryl methyl sites for hydroxylation is 1. The van der Waals surface area contributed by atoms with E-state index in [4.69, 9.17) is 5.73 Å². The summed E-state index contributed by atoms with van der Waals surface area (Å²) in [6, 6.07) is 11.8. The predicted octanol–water partition coefficient (Wildman–Crippen LogP) is 5.99. The SMILES string of the molecule is Cc1cc(NC(=O)Nc2cc(F)cc(C(F)(F)F)c2)ccc1-c1ccc2nc(N)ncc2c1. The number of carbonyl (C=O) groups is 1. The van der Waals surface area contributed by atoms with Gasteiger partial charge in [-0.15, -0.1) is 0 Å². The van der Waals surface area contributed by atoms with Crippen LogP contribution in [0.2, 0.25) is 0 Å². The second-order valence-electron chi connectivity index (χ2n) is 7.34. The van der Waals surface area contributed by atoms with Crippen molar-refractivity contribution in [3.8, 4) is 11.1 Å². The average molecular weight is 455 g/mol. The number of alkyl halides is 3. The van der Waals surface area contributed by atoms with Crippen molar-refractivity contribution in [2.75, 3.05) is 16.4 Å². The largest absolute Gasteiger partial charge is 0.416 e. The Hall–Kier alpha value is -4.21. The van der Waals surface area contributed by atoms with Crippen LogP contribution in [0.5, 0.6) is 0 Å². The number of nitrogen functional groups attached to an aromatic ring is 1. The van der Waals surface area contributed by atoms with Gasteiger partial charge in [-0.05, 0) is 66.1 Å². The number of benzene rings is 3. The Morgan fingerprint density at radius 3 is 2.45 bits per heavy atom. The van der Waals surface area contributed by atoms with E-state index >= 15 is 0 Å². The number of hydrogen-bond donors (Lipinski definition) is 3. The number of fused-ring (bicyclic) bond motifs is 1. The lowest BCUT2D eigenvalue weighted by molar-refractivity contribution is -0.137. The van der Waals surface area contributed by atoms with E-state index in [2.05, 4.69) is 20.6 Å². The molecule has 0 radical (unpaired) electrons. The van der Waals surface area contributed by atoms with E-state index in [0.717, 1.165) is 28.1 Å². The fourth-order valence-corrected chi connectivity index (χ4v) is 3.40. The van der Waals surface area contributed by atoms with Gasteiger partial charge in [-0.3, -0.25) is 0 Å². The maximum atomic E-state index is 13.5. The normalized spacial score (nSPS) is 11.4. The summed E-state index contributed by atoms with van der Waals surface area (Å²) in [6.45, 7) is 1.85. The standard InChI is InChI=1S/C23H17F4N5O/c1-12-6-17(30-22(33)31-18-9-15(23(25,26)27)8-16(24)10-18)3-4-19(12)13-2-5-20-14(7-13)11-29-21(28)32-20/h2-11H,1H3,(H2,28,29,32)(H2,30,31,33). The molecule has 168 valence electrons. The molecular formula is C23H17F4N5O. The molecule has 10 heteroatoms. The second kappa shape index (κ2) is 8.38. The van der Waals surface area contributed by atoms with Gasteiger partial charge in [-0.2, -0.15) is 13.2 Å². The predicted molar refractivity (Wildman–Crippen MR) is 118 cm³/mol. The number of carbonyl (C=O) groups excluding carboxylic acids is 1. The quantitative estimate of drug-likeness (QED) is 0.331. The maximum Gasteiger partial charge on any atom is 0.416 e. The van der Waals surface area contributed by atoms with Gasteiger partial charge in [0.1, 0.15) is 5.82 Å². The van der Waals surface area contributed by atoms with Crippen LogP contribution in [0.25, 0.3) is 22.0 Å². The molecule has 0 bridgehead atoms. The summed E-state index contributed by atoms with van der Waals surface area (Å²) in [4.78, 5) is 20.4. The van der Waals surface area contributed by atoms with Gasteiger partial charge in [0.15, 0.2) is 0 Å². The second-order valence-corrected chi connectivity index (χ2v) is 7.34. The molecule has 0 saturated carbocycles. The van der Waals surface area contributed by atoms with E-state index in [1.165, 1.54) is 0 Å². The van der Waals surface area contributed by atoms with Crippen molar-refractivity contribution in [3.05, 3.63) is 77.7 Å². The highest BCUT2D eigenvalue weighted by atomic mass is 19.4. The van der Waals surface area contributed by atoms with E-state index in [-0.39, 0.29) is 11.6 Å². The summed E-state index contributed by atoms with van der Waals surface area (Å²) in [5.41, 5.74) is 7.88. The molecule has 0 aliphatic rings. The molecule has 3 aromatic carbocycles. The van der Waals surface area contributed by atoms with Crippen LogP contribution >= 0.6 is 0 Å². The molecule has 33 heavy (non-hydrogen) atoms. The first-order valence-corrected chi connectivity index (χ1v) is 9.67. The summed E-state index contributed by atoms with van der Waals surface area (Å²) in [5, 5.41) is 5.57. The van der Waals surface area contributed by atoms with Crippen LogP contribution in [0.4, 0.5) is 39.7 Å². The molecule has 0 fully saturated rings. The number of aromatic nitrogens is 2. The first-order chi connectivity index (χ1) is 15.6. The zero-order valence-electron chi connectivity index (χ0n) is 17.2. The number of hydrogen-bond acceptors (Lipinski definition) is 4. The third-order valence-electron chi connectivity index (χ3n) is 4.88. The van der Waals surface area contributed by atoms with E-state index in [0.29, 0.717) is 23.3 Å². The number of rotatable bonds is 3. The van der Waals surface area contributed by atoms with E-state index in [1.54, 1.807) is 24.4 Å². The molecular weight excluding hydrogens is 438 g/mol. The number of halogens is 4. The Morgan fingerprint density at radius 1 is 0.970 bits per heavy atom. The van der Waals surface area contributed by atoms with Crippen molar-refractivity contribution in [2.45, 2.75) is 13.1 Å². The van der Waals surface area contributed by atoms with Gasteiger partial charge >= 0.3 is 12.2 Å². The van der Waals surface area contributed by atoms with Crippen LogP contribution in [0.3, 0.4) is 0 Å². The van der Waals surface area contributed by atoms with Gasteiger partial charge in [-0.1, -0.05) is 12.1 Å². The molecule has 6 nitrogen and oxygen atoms in total. The minimum absolute atomic E-state index is 0.188. The van der Waals surface area contributed by atoms with Crippen LogP contribution in [0.15, 0.2) is 60.8 Å². The highest BCUT2D eigenvalue weighted by Crippen LogP contribution is 2.32. The van der Waals surface area contributed by atoms with Gasteiger partial charge in [0, 0.05) is 23.0 Å². The summed E-state index contributed by atoms with van der Waals surface area (Å²) < 4.78 is 52.1. The molecule has 2 amide bonds. The minimum atomic E-state index is -4.73. The van der Waals surface area contributed by atoms with Crippen LogP contribution in [0, 0.1) is 12.7 Å². The molecule has 0 aliphatic heterocycles. The van der Waals surface area contributed by atoms with Gasteiger partial charge in [0.25, 0.3) is 0 Å². The zero-order chi connectivity index (χ0) is 23.8. The Balaban J connectivity index is 1.51. The lowest BCUT2D eigenvalue weighted by Gasteiger charge is -2.13. The molecule has 4 aromatic rings. The molecule has 1 heterocycles. The number of nitrogens with one attached hydrogen (secondary N) is 2. The molecule has 0 atom stereocenters. The molecule has 0 saturated heterocycles. The van der Waals surface area contributed by atoms with E-state index < -0.39 is 23.6 Å². The summed E-state index contributed by atoms with van der Waals surface area (Å²) in [6.07, 6.45) is -3.10. The monoisotopic (exact) mass is 455 g/mol. The first-order valence-electron chi connectivity index (χ1n) is 9.67. The zero-order valence-corrected chi connectivity index (χ0v) is 17.2. The number of urea groups is 1. The van der Waals surface area contributed by atoms with Crippen LogP contribution < -0.4 is 16.4 Å². The van der Waals surface area contributed by atoms with E-state index in [1.807, 2.05) is 25.1 Å². The number of nitrogens with zero attached hydrogens (tertiary/aromatic N) is 2. The Labute approximate surface area is 185 Å². The van der Waals surface area contributed by atoms with Gasteiger partial charge in [0.05, 0.1) is 11.1 Å². The third kappa shape index (κ3) is 5.00. The van der Waals surface area contributed by atoms with Crippen LogP contribution in [-0.2, 0) is 6.18 Å². The highest BCUT2D eigenvalue weighted by molar-refractivity contribution is 6.00. The highest BCUT2D eigenvalue weighted by Gasteiger charge is 2.31. The minimum Gasteiger partial charge on any atom is -0.368 e. The lowest BCUT2D eigenvalue weighted by Crippen LogP contribution is -2.20. The van der Waals surface area contributed by atoms with Gasteiger partial charge in [-0.25, -0.2) is 19.2 Å². The van der Waals surface area contributed by atoms with Crippen molar-refractivity contribution in [2.24, 2.45) is 0 Å².